The molecule has 146 valence electrons. The third kappa shape index (κ3) is 3.47. The van der Waals surface area contributed by atoms with E-state index in [0.29, 0.717) is 5.82 Å². The number of aromatic nitrogens is 2. The van der Waals surface area contributed by atoms with E-state index in [1.54, 1.807) is 18.2 Å². The van der Waals surface area contributed by atoms with Gasteiger partial charge in [0.15, 0.2) is 0 Å². The minimum Gasteiger partial charge on any atom is -0.508 e. The summed E-state index contributed by atoms with van der Waals surface area (Å²) in [4.78, 5) is 14.2. The second-order valence-electron chi connectivity index (χ2n) is 6.49. The molecule has 0 fully saturated rings. The van der Waals surface area contributed by atoms with Crippen molar-refractivity contribution in [2.45, 2.75) is 6.54 Å². The molecular formula is C21H16F2N4O2. The molecule has 0 spiro atoms. The number of nitrogens with zero attached hydrogens (tertiary/aromatic N) is 2. The molecule has 0 bridgehead atoms. The van der Waals surface area contributed by atoms with Crippen LogP contribution in [0.3, 0.4) is 0 Å². The summed E-state index contributed by atoms with van der Waals surface area (Å²) in [6, 6.07) is 9.92. The highest BCUT2D eigenvalue weighted by molar-refractivity contribution is 6.16. The maximum absolute atomic E-state index is 14.6. The summed E-state index contributed by atoms with van der Waals surface area (Å²) >= 11 is 0. The van der Waals surface area contributed by atoms with E-state index in [0.717, 1.165) is 17.7 Å². The normalized spacial score (nSPS) is 13.1. The Morgan fingerprint density at radius 2 is 1.86 bits per heavy atom. The minimum atomic E-state index is -0.679. The second-order valence-corrected chi connectivity index (χ2v) is 6.49. The summed E-state index contributed by atoms with van der Waals surface area (Å²) in [7, 11) is 0. The molecule has 1 aromatic heterocycles. The van der Waals surface area contributed by atoms with Gasteiger partial charge in [0.05, 0.1) is 17.5 Å². The number of rotatable bonds is 4. The van der Waals surface area contributed by atoms with Crippen molar-refractivity contribution in [3.05, 3.63) is 89.8 Å². The van der Waals surface area contributed by atoms with Gasteiger partial charge < -0.3 is 15.3 Å². The van der Waals surface area contributed by atoms with Gasteiger partial charge in [-0.1, -0.05) is 18.7 Å². The van der Waals surface area contributed by atoms with Crippen LogP contribution < -0.4 is 10.2 Å². The molecule has 0 atom stereocenters. The van der Waals surface area contributed by atoms with Crippen LogP contribution in [0.4, 0.5) is 20.3 Å². The first kappa shape index (κ1) is 18.4. The molecule has 1 amide bonds. The van der Waals surface area contributed by atoms with Crippen molar-refractivity contribution in [1.29, 1.82) is 0 Å². The van der Waals surface area contributed by atoms with Crippen molar-refractivity contribution in [2.24, 2.45) is 0 Å². The van der Waals surface area contributed by atoms with Crippen LogP contribution in [-0.2, 0) is 11.3 Å². The molecular weight excluding hydrogens is 378 g/mol. The number of nitrogens with one attached hydrogen (secondary N) is 2. The predicted octanol–water partition coefficient (Wildman–Crippen LogP) is 3.95. The number of aromatic hydroxyl groups is 1. The zero-order valence-electron chi connectivity index (χ0n) is 15.1. The van der Waals surface area contributed by atoms with Crippen molar-refractivity contribution >= 4 is 23.0 Å². The van der Waals surface area contributed by atoms with Gasteiger partial charge in [-0.2, -0.15) is 5.10 Å². The van der Waals surface area contributed by atoms with E-state index in [4.69, 9.17) is 0 Å². The first-order valence-electron chi connectivity index (χ1n) is 8.69. The van der Waals surface area contributed by atoms with Gasteiger partial charge in [0, 0.05) is 24.4 Å². The van der Waals surface area contributed by atoms with Crippen LogP contribution in [0.2, 0.25) is 0 Å². The van der Waals surface area contributed by atoms with E-state index in [2.05, 4.69) is 22.1 Å². The number of hydrogen-bond acceptors (Lipinski definition) is 4. The van der Waals surface area contributed by atoms with E-state index in [1.807, 2.05) is 0 Å². The van der Waals surface area contributed by atoms with Gasteiger partial charge >= 0.3 is 0 Å². The number of phenols is 1. The maximum Gasteiger partial charge on any atom is 0.258 e. The van der Waals surface area contributed by atoms with E-state index < -0.39 is 17.5 Å². The molecule has 0 radical (unpaired) electrons. The molecule has 4 rings (SSSR count). The van der Waals surface area contributed by atoms with Crippen LogP contribution in [0.1, 0.15) is 11.1 Å². The van der Waals surface area contributed by atoms with Crippen molar-refractivity contribution in [3.8, 4) is 5.75 Å². The molecule has 1 aliphatic heterocycles. The Labute approximate surface area is 164 Å². The summed E-state index contributed by atoms with van der Waals surface area (Å²) < 4.78 is 29.3. The average molecular weight is 394 g/mol. The number of halogens is 2. The lowest BCUT2D eigenvalue weighted by molar-refractivity contribution is -0.112. The summed E-state index contributed by atoms with van der Waals surface area (Å²) in [5.74, 6) is -1.40. The molecule has 6 nitrogen and oxygen atoms in total. The Kier molecular flexibility index (Phi) is 4.59. The molecule has 2 heterocycles. The van der Waals surface area contributed by atoms with Gasteiger partial charge in [-0.15, -0.1) is 0 Å². The Morgan fingerprint density at radius 3 is 2.55 bits per heavy atom. The molecule has 0 unspecified atom stereocenters. The topological polar surface area (TPSA) is 81.2 Å². The van der Waals surface area contributed by atoms with Crippen LogP contribution in [0, 0.1) is 11.6 Å². The fraction of sp³-hybridized carbons (Fsp3) is 0.0476. The van der Waals surface area contributed by atoms with E-state index >= 15 is 0 Å². The molecule has 1 aliphatic rings. The number of hydrogen-bond donors (Lipinski definition) is 3. The largest absolute Gasteiger partial charge is 0.508 e. The molecule has 3 aromatic rings. The Bertz CT molecular complexity index is 1120. The Balaban J connectivity index is 1.76. The lowest BCUT2D eigenvalue weighted by Gasteiger charge is -2.31. The number of H-pyrrole nitrogens is 1. The number of carbonyl (C=O) groups excluding carboxylic acids is 1. The highest BCUT2D eigenvalue weighted by Crippen LogP contribution is 2.40. The number of fused-ring (bicyclic) bond motifs is 1. The van der Waals surface area contributed by atoms with Crippen molar-refractivity contribution < 1.29 is 18.7 Å². The Hall–Kier alpha value is -3.94. The number of phenolic OH excluding ortho intramolecular Hbond substituents is 1. The number of aromatic amines is 1. The molecule has 0 aliphatic carbocycles. The molecule has 3 N–H and O–H groups in total. The number of anilines is 2. The third-order valence-electron chi connectivity index (χ3n) is 4.56. The molecule has 0 saturated heterocycles. The fourth-order valence-corrected chi connectivity index (χ4v) is 3.18. The van der Waals surface area contributed by atoms with Gasteiger partial charge in [-0.25, -0.2) is 8.78 Å². The standard InChI is InChI=1S/C21H16F2N4O2/c1-12-15(21(29)25-18-8-9-24-26-18)11-27(10-13-2-4-14(28)5-3-13)20-17(23)7-6-16(22)19(12)20/h2-9,11,28H,1,10H2,(H2,24,25,26,29). The highest BCUT2D eigenvalue weighted by atomic mass is 19.1. The fourth-order valence-electron chi connectivity index (χ4n) is 3.18. The van der Waals surface area contributed by atoms with Gasteiger partial charge in [0.1, 0.15) is 23.2 Å². The van der Waals surface area contributed by atoms with Crippen LogP contribution in [0.15, 0.2) is 67.0 Å². The van der Waals surface area contributed by atoms with E-state index in [1.165, 1.54) is 29.4 Å². The number of carbonyl (C=O) groups is 1. The van der Waals surface area contributed by atoms with Gasteiger partial charge in [0.2, 0.25) is 0 Å². The zero-order valence-corrected chi connectivity index (χ0v) is 15.1. The number of benzene rings is 2. The van der Waals surface area contributed by atoms with Gasteiger partial charge in [-0.3, -0.25) is 9.89 Å². The molecule has 8 heteroatoms. The molecule has 2 aromatic carbocycles. The molecule has 29 heavy (non-hydrogen) atoms. The Morgan fingerprint density at radius 1 is 1.14 bits per heavy atom. The summed E-state index contributed by atoms with van der Waals surface area (Å²) in [5.41, 5.74) is 0.836. The summed E-state index contributed by atoms with van der Waals surface area (Å²) in [6.45, 7) is 3.98. The summed E-state index contributed by atoms with van der Waals surface area (Å²) in [5, 5.41) is 18.4. The smallest absolute Gasteiger partial charge is 0.258 e. The van der Waals surface area contributed by atoms with Crippen LogP contribution in [0.25, 0.3) is 5.57 Å². The van der Waals surface area contributed by atoms with E-state index in [-0.39, 0.29) is 34.7 Å². The summed E-state index contributed by atoms with van der Waals surface area (Å²) in [6.07, 6.45) is 2.91. The van der Waals surface area contributed by atoms with Gasteiger partial charge in [0.25, 0.3) is 5.91 Å². The van der Waals surface area contributed by atoms with Crippen molar-refractivity contribution in [1.82, 2.24) is 10.2 Å². The van der Waals surface area contributed by atoms with Crippen molar-refractivity contribution in [2.75, 3.05) is 10.2 Å². The lowest BCUT2D eigenvalue weighted by atomic mass is 9.92. The van der Waals surface area contributed by atoms with Gasteiger partial charge in [-0.05, 0) is 35.4 Å². The first-order valence-corrected chi connectivity index (χ1v) is 8.69. The lowest BCUT2D eigenvalue weighted by Crippen LogP contribution is -2.27. The van der Waals surface area contributed by atoms with Crippen LogP contribution >= 0.6 is 0 Å². The molecule has 0 saturated carbocycles. The van der Waals surface area contributed by atoms with E-state index in [9.17, 15) is 18.7 Å². The predicted molar refractivity (Wildman–Crippen MR) is 105 cm³/mol. The van der Waals surface area contributed by atoms with Crippen LogP contribution in [0.5, 0.6) is 5.75 Å². The van der Waals surface area contributed by atoms with Crippen LogP contribution in [-0.4, -0.2) is 21.2 Å². The SMILES string of the molecule is C=C1C(C(=O)Nc2ccn[nH]2)=CN(Cc2ccc(O)cc2)c2c(F)ccc(F)c21. The quantitative estimate of drug-likeness (QED) is 0.626. The zero-order chi connectivity index (χ0) is 20.5. The minimum absolute atomic E-state index is 0.00108. The maximum atomic E-state index is 14.6. The monoisotopic (exact) mass is 394 g/mol. The van der Waals surface area contributed by atoms with Crippen molar-refractivity contribution in [3.63, 3.8) is 0 Å². The second kappa shape index (κ2) is 7.23. The number of amides is 1. The average Bonchev–Trinajstić information content (AvgIpc) is 3.20. The first-order chi connectivity index (χ1) is 13.9. The third-order valence-corrected chi connectivity index (χ3v) is 4.56. The highest BCUT2D eigenvalue weighted by Gasteiger charge is 2.30.